The average Bonchev–Trinajstić information content (AvgIpc) is 2.91. The highest BCUT2D eigenvalue weighted by Gasteiger charge is 2.32. The number of carboxylic acids is 1. The van der Waals surface area contributed by atoms with Gasteiger partial charge in [-0.15, -0.1) is 0 Å². The van der Waals surface area contributed by atoms with E-state index in [4.69, 9.17) is 26.2 Å². The number of aryl methyl sites for hydroxylation is 2. The van der Waals surface area contributed by atoms with Gasteiger partial charge in [0.1, 0.15) is 23.7 Å². The highest BCUT2D eigenvalue weighted by molar-refractivity contribution is 6.30. The number of fused-ring (bicyclic) bond motifs is 1. The van der Waals surface area contributed by atoms with Crippen LogP contribution in [-0.2, 0) is 30.7 Å². The van der Waals surface area contributed by atoms with Gasteiger partial charge in [-0.1, -0.05) is 30.7 Å². The van der Waals surface area contributed by atoms with Crippen molar-refractivity contribution in [2.24, 2.45) is 0 Å². The summed E-state index contributed by atoms with van der Waals surface area (Å²) in [5, 5.41) is 9.54. The van der Waals surface area contributed by atoms with E-state index in [1.54, 1.807) is 0 Å². The molecule has 0 atom stereocenters. The molecule has 1 heterocycles. The first kappa shape index (κ1) is 19.6. The second-order valence-corrected chi connectivity index (χ2v) is 8.01. The highest BCUT2D eigenvalue weighted by atomic mass is 35.5. The SMILES string of the molecule is CCc1cc(CCC(=O)O)ccc1OCc1cc(Cl)cc2c1OC(C)(C)C2. The van der Waals surface area contributed by atoms with Gasteiger partial charge in [0, 0.05) is 23.4 Å². The first-order valence-electron chi connectivity index (χ1n) is 9.24. The van der Waals surface area contributed by atoms with Crippen LogP contribution in [0.15, 0.2) is 30.3 Å². The minimum atomic E-state index is -0.786. The zero-order valence-corrected chi connectivity index (χ0v) is 16.7. The maximum atomic E-state index is 10.8. The summed E-state index contributed by atoms with van der Waals surface area (Å²) in [6, 6.07) is 9.74. The zero-order valence-electron chi connectivity index (χ0n) is 16.0. The molecule has 144 valence electrons. The summed E-state index contributed by atoms with van der Waals surface area (Å²) in [7, 11) is 0. The number of rotatable bonds is 7. The molecule has 0 aliphatic carbocycles. The van der Waals surface area contributed by atoms with Crippen LogP contribution in [0.4, 0.5) is 0 Å². The van der Waals surface area contributed by atoms with Crippen LogP contribution in [0.1, 0.15) is 49.4 Å². The third kappa shape index (κ3) is 4.75. The van der Waals surface area contributed by atoms with Crippen LogP contribution in [0.5, 0.6) is 11.5 Å². The predicted octanol–water partition coefficient (Wildman–Crippen LogP) is 5.21. The Morgan fingerprint density at radius 1 is 1.26 bits per heavy atom. The van der Waals surface area contributed by atoms with Gasteiger partial charge in [0.05, 0.1) is 0 Å². The van der Waals surface area contributed by atoms with Crippen LogP contribution >= 0.6 is 11.6 Å². The lowest BCUT2D eigenvalue weighted by atomic mass is 10.0. The standard InChI is InChI=1S/C22H25ClO4/c1-4-15-9-14(6-8-20(24)25)5-7-19(15)26-13-17-11-18(23)10-16-12-22(2,3)27-21(16)17/h5,7,9-11H,4,6,8,12-13H2,1-3H3,(H,24,25). The number of hydrogen-bond acceptors (Lipinski definition) is 3. The van der Waals surface area contributed by atoms with Gasteiger partial charge in [-0.25, -0.2) is 0 Å². The van der Waals surface area contributed by atoms with Crippen molar-refractivity contribution in [3.05, 3.63) is 57.6 Å². The second kappa shape index (κ2) is 7.81. The third-order valence-corrected chi connectivity index (χ3v) is 4.94. The van der Waals surface area contributed by atoms with Gasteiger partial charge in [-0.3, -0.25) is 4.79 Å². The van der Waals surface area contributed by atoms with Crippen LogP contribution in [-0.4, -0.2) is 16.7 Å². The number of aliphatic carboxylic acids is 1. The molecular weight excluding hydrogens is 364 g/mol. The van der Waals surface area contributed by atoms with E-state index in [1.807, 2.05) is 30.3 Å². The molecule has 2 aromatic carbocycles. The largest absolute Gasteiger partial charge is 0.488 e. The molecule has 0 aromatic heterocycles. The Morgan fingerprint density at radius 2 is 2.04 bits per heavy atom. The molecule has 0 saturated heterocycles. The van der Waals surface area contributed by atoms with Crippen molar-refractivity contribution in [2.75, 3.05) is 0 Å². The Hall–Kier alpha value is -2.20. The number of halogens is 1. The number of carbonyl (C=O) groups is 1. The second-order valence-electron chi connectivity index (χ2n) is 7.57. The number of benzene rings is 2. The maximum Gasteiger partial charge on any atom is 0.303 e. The van der Waals surface area contributed by atoms with Crippen molar-refractivity contribution in [1.82, 2.24) is 0 Å². The summed E-state index contributed by atoms with van der Waals surface area (Å²) in [6.07, 6.45) is 2.29. The molecule has 0 amide bonds. The number of ether oxygens (including phenoxy) is 2. The van der Waals surface area contributed by atoms with E-state index in [0.717, 1.165) is 46.6 Å². The van der Waals surface area contributed by atoms with Crippen LogP contribution in [0.3, 0.4) is 0 Å². The smallest absolute Gasteiger partial charge is 0.303 e. The molecule has 0 fully saturated rings. The minimum absolute atomic E-state index is 0.130. The maximum absolute atomic E-state index is 10.8. The fourth-order valence-electron chi connectivity index (χ4n) is 3.46. The summed E-state index contributed by atoms with van der Waals surface area (Å²) in [5.74, 6) is 0.897. The first-order chi connectivity index (χ1) is 12.8. The lowest BCUT2D eigenvalue weighted by molar-refractivity contribution is -0.136. The normalized spacial score (nSPS) is 14.5. The van der Waals surface area contributed by atoms with Gasteiger partial charge in [0.25, 0.3) is 0 Å². The summed E-state index contributed by atoms with van der Waals surface area (Å²) < 4.78 is 12.2. The zero-order chi connectivity index (χ0) is 19.6. The topological polar surface area (TPSA) is 55.8 Å². The Morgan fingerprint density at radius 3 is 2.74 bits per heavy atom. The van der Waals surface area contributed by atoms with Crippen molar-refractivity contribution in [1.29, 1.82) is 0 Å². The van der Waals surface area contributed by atoms with E-state index in [0.29, 0.717) is 18.1 Å². The van der Waals surface area contributed by atoms with Crippen LogP contribution in [0.2, 0.25) is 5.02 Å². The molecule has 2 aromatic rings. The Bertz CT molecular complexity index is 858. The Balaban J connectivity index is 1.77. The lowest BCUT2D eigenvalue weighted by Crippen LogP contribution is -2.25. The monoisotopic (exact) mass is 388 g/mol. The molecule has 4 nitrogen and oxygen atoms in total. The lowest BCUT2D eigenvalue weighted by Gasteiger charge is -2.19. The molecule has 3 rings (SSSR count). The van der Waals surface area contributed by atoms with E-state index in [-0.39, 0.29) is 12.0 Å². The highest BCUT2D eigenvalue weighted by Crippen LogP contribution is 2.40. The molecule has 0 bridgehead atoms. The summed E-state index contributed by atoms with van der Waals surface area (Å²) in [4.78, 5) is 10.8. The fraction of sp³-hybridized carbons (Fsp3) is 0.409. The van der Waals surface area contributed by atoms with Crippen LogP contribution < -0.4 is 9.47 Å². The molecule has 0 saturated carbocycles. The summed E-state index contributed by atoms with van der Waals surface area (Å²) >= 11 is 6.28. The van der Waals surface area contributed by atoms with Gasteiger partial charge in [0.15, 0.2) is 0 Å². The predicted molar refractivity (Wildman–Crippen MR) is 106 cm³/mol. The molecule has 1 N–H and O–H groups in total. The van der Waals surface area contributed by atoms with Gasteiger partial charge >= 0.3 is 5.97 Å². The fourth-order valence-corrected chi connectivity index (χ4v) is 3.73. The van der Waals surface area contributed by atoms with Crippen LogP contribution in [0.25, 0.3) is 0 Å². The van der Waals surface area contributed by atoms with Gasteiger partial charge in [-0.05, 0) is 61.6 Å². The van der Waals surface area contributed by atoms with Crippen molar-refractivity contribution in [2.45, 2.75) is 58.7 Å². The molecule has 1 aliphatic rings. The third-order valence-electron chi connectivity index (χ3n) is 4.72. The first-order valence-corrected chi connectivity index (χ1v) is 9.62. The van der Waals surface area contributed by atoms with Crippen molar-refractivity contribution < 1.29 is 19.4 Å². The van der Waals surface area contributed by atoms with E-state index in [1.165, 1.54) is 0 Å². The number of hydrogen-bond donors (Lipinski definition) is 1. The Kier molecular flexibility index (Phi) is 5.66. The molecule has 27 heavy (non-hydrogen) atoms. The molecule has 0 radical (unpaired) electrons. The quantitative estimate of drug-likeness (QED) is 0.707. The summed E-state index contributed by atoms with van der Waals surface area (Å²) in [6.45, 7) is 6.57. The average molecular weight is 389 g/mol. The molecule has 5 heteroatoms. The molecule has 0 spiro atoms. The van der Waals surface area contributed by atoms with Crippen molar-refractivity contribution >= 4 is 17.6 Å². The van der Waals surface area contributed by atoms with E-state index in [2.05, 4.69) is 20.8 Å². The van der Waals surface area contributed by atoms with Crippen LogP contribution in [0, 0.1) is 0 Å². The summed E-state index contributed by atoms with van der Waals surface area (Å²) in [5.41, 5.74) is 3.90. The van der Waals surface area contributed by atoms with Gasteiger partial charge in [-0.2, -0.15) is 0 Å². The number of carboxylic acid groups (broad SMARTS) is 1. The van der Waals surface area contributed by atoms with Gasteiger partial charge in [0.2, 0.25) is 0 Å². The minimum Gasteiger partial charge on any atom is -0.488 e. The Labute approximate surface area is 165 Å². The van der Waals surface area contributed by atoms with Crippen molar-refractivity contribution in [3.63, 3.8) is 0 Å². The van der Waals surface area contributed by atoms with E-state index >= 15 is 0 Å². The molecular formula is C22H25ClO4. The van der Waals surface area contributed by atoms with E-state index in [9.17, 15) is 4.79 Å². The molecule has 1 aliphatic heterocycles. The van der Waals surface area contributed by atoms with Crippen molar-refractivity contribution in [3.8, 4) is 11.5 Å². The van der Waals surface area contributed by atoms with E-state index < -0.39 is 5.97 Å². The van der Waals surface area contributed by atoms with Gasteiger partial charge < -0.3 is 14.6 Å². The molecule has 0 unspecified atom stereocenters.